The first-order valence-corrected chi connectivity index (χ1v) is 8.31. The first-order valence-electron chi connectivity index (χ1n) is 6.42. The summed E-state index contributed by atoms with van der Waals surface area (Å²) in [7, 11) is -3.38. The Hall–Kier alpha value is -1.60. The number of carbonyl (C=O) groups excluding carboxylic acids is 1. The molecule has 0 aliphatic heterocycles. The maximum Gasteiger partial charge on any atom is 0.229 e. The fraction of sp³-hybridized carbons (Fsp3) is 0.462. The molecule has 7 heteroatoms. The van der Waals surface area contributed by atoms with Crippen LogP contribution in [0.3, 0.4) is 0 Å². The quantitative estimate of drug-likeness (QED) is 0.707. The van der Waals surface area contributed by atoms with Gasteiger partial charge >= 0.3 is 0 Å². The van der Waals surface area contributed by atoms with Crippen LogP contribution in [0.4, 0.5) is 11.4 Å². The van der Waals surface area contributed by atoms with Crippen molar-refractivity contribution in [3.05, 3.63) is 24.3 Å². The molecule has 0 bridgehead atoms. The van der Waals surface area contributed by atoms with E-state index in [0.29, 0.717) is 17.9 Å². The Labute approximate surface area is 120 Å². The number of benzene rings is 1. The summed E-state index contributed by atoms with van der Waals surface area (Å²) >= 11 is 0. The van der Waals surface area contributed by atoms with E-state index < -0.39 is 10.0 Å². The molecule has 0 saturated carbocycles. The molecule has 1 aromatic rings. The van der Waals surface area contributed by atoms with E-state index in [2.05, 4.69) is 15.4 Å². The summed E-state index contributed by atoms with van der Waals surface area (Å²) in [5.41, 5.74) is 0.810. The van der Waals surface area contributed by atoms with Crippen molar-refractivity contribution in [3.8, 4) is 0 Å². The lowest BCUT2D eigenvalue weighted by Crippen LogP contribution is -2.30. The molecule has 1 atom stereocenters. The minimum Gasteiger partial charge on any atom is -0.324 e. The molecular formula is C13H21N3O3S. The molecule has 6 nitrogen and oxygen atoms in total. The lowest BCUT2D eigenvalue weighted by Gasteiger charge is -2.15. The second kappa shape index (κ2) is 7.25. The predicted molar refractivity (Wildman–Crippen MR) is 81.2 cm³/mol. The molecule has 1 rings (SSSR count). The van der Waals surface area contributed by atoms with Gasteiger partial charge in [-0.1, -0.05) is 26.0 Å². The smallest absolute Gasteiger partial charge is 0.229 e. The standard InChI is InChI=1S/C13H21N3O3S/c1-4-14-9-10(2)13(17)15-11-7-5-6-8-12(11)16-20(3,18)19/h5-8,10,14,16H,4,9H2,1-3H3,(H,15,17). The summed E-state index contributed by atoms with van der Waals surface area (Å²) in [6.07, 6.45) is 1.07. The molecule has 0 aliphatic rings. The third-order valence-electron chi connectivity index (χ3n) is 2.63. The number of sulfonamides is 1. The van der Waals surface area contributed by atoms with Gasteiger partial charge in [-0.15, -0.1) is 0 Å². The Morgan fingerprint density at radius 3 is 2.40 bits per heavy atom. The van der Waals surface area contributed by atoms with Crippen LogP contribution >= 0.6 is 0 Å². The first-order chi connectivity index (χ1) is 9.33. The second-order valence-electron chi connectivity index (χ2n) is 4.62. The maximum atomic E-state index is 12.0. The van der Waals surface area contributed by atoms with Gasteiger partial charge in [-0.05, 0) is 18.7 Å². The van der Waals surface area contributed by atoms with Gasteiger partial charge in [0, 0.05) is 12.5 Å². The molecule has 1 amide bonds. The van der Waals surface area contributed by atoms with Crippen LogP contribution in [0.1, 0.15) is 13.8 Å². The molecule has 1 aromatic carbocycles. The van der Waals surface area contributed by atoms with E-state index in [-0.39, 0.29) is 11.8 Å². The summed E-state index contributed by atoms with van der Waals surface area (Å²) in [5.74, 6) is -0.366. The SMILES string of the molecule is CCNCC(C)C(=O)Nc1ccccc1NS(C)(=O)=O. The van der Waals surface area contributed by atoms with Gasteiger partial charge in [-0.25, -0.2) is 8.42 Å². The van der Waals surface area contributed by atoms with Crippen LogP contribution in [0, 0.1) is 5.92 Å². The Kier molecular flexibility index (Phi) is 5.97. The Morgan fingerprint density at radius 1 is 1.25 bits per heavy atom. The van der Waals surface area contributed by atoms with Crippen LogP contribution in [0.2, 0.25) is 0 Å². The van der Waals surface area contributed by atoms with Crippen molar-refractivity contribution in [1.29, 1.82) is 0 Å². The molecule has 0 radical (unpaired) electrons. The number of hydrogen-bond acceptors (Lipinski definition) is 4. The number of nitrogens with one attached hydrogen (secondary N) is 3. The number of anilines is 2. The Morgan fingerprint density at radius 2 is 1.85 bits per heavy atom. The zero-order valence-electron chi connectivity index (χ0n) is 11.9. The zero-order chi connectivity index (χ0) is 15.2. The highest BCUT2D eigenvalue weighted by molar-refractivity contribution is 7.92. The normalized spacial score (nSPS) is 12.8. The monoisotopic (exact) mass is 299 g/mol. The number of amides is 1. The van der Waals surface area contributed by atoms with E-state index in [4.69, 9.17) is 0 Å². The van der Waals surface area contributed by atoms with Crippen molar-refractivity contribution in [2.45, 2.75) is 13.8 Å². The highest BCUT2D eigenvalue weighted by Gasteiger charge is 2.14. The van der Waals surface area contributed by atoms with E-state index >= 15 is 0 Å². The minimum atomic E-state index is -3.38. The van der Waals surface area contributed by atoms with Gasteiger partial charge < -0.3 is 10.6 Å². The van der Waals surface area contributed by atoms with Crippen LogP contribution in [-0.2, 0) is 14.8 Å². The van der Waals surface area contributed by atoms with Gasteiger partial charge in [0.1, 0.15) is 0 Å². The number of hydrogen-bond donors (Lipinski definition) is 3. The minimum absolute atomic E-state index is 0.159. The summed E-state index contributed by atoms with van der Waals surface area (Å²) in [4.78, 5) is 12.0. The molecule has 20 heavy (non-hydrogen) atoms. The van der Waals surface area contributed by atoms with Crippen molar-refractivity contribution in [2.24, 2.45) is 5.92 Å². The Balaban J connectivity index is 2.79. The van der Waals surface area contributed by atoms with Gasteiger partial charge in [0.05, 0.1) is 17.6 Å². The van der Waals surface area contributed by atoms with Crippen molar-refractivity contribution in [2.75, 3.05) is 29.4 Å². The summed E-state index contributed by atoms with van der Waals surface area (Å²) in [6, 6.07) is 6.69. The first kappa shape index (κ1) is 16.5. The van der Waals surface area contributed by atoms with Crippen LogP contribution in [0.15, 0.2) is 24.3 Å². The molecule has 0 saturated heterocycles. The number of para-hydroxylation sites is 2. The zero-order valence-corrected chi connectivity index (χ0v) is 12.8. The fourth-order valence-electron chi connectivity index (χ4n) is 1.59. The highest BCUT2D eigenvalue weighted by Crippen LogP contribution is 2.22. The van der Waals surface area contributed by atoms with Gasteiger partial charge in [0.15, 0.2) is 0 Å². The molecule has 0 aromatic heterocycles. The van der Waals surface area contributed by atoms with Crippen LogP contribution < -0.4 is 15.4 Å². The largest absolute Gasteiger partial charge is 0.324 e. The van der Waals surface area contributed by atoms with Crippen LogP contribution in [0.5, 0.6) is 0 Å². The molecule has 3 N–H and O–H groups in total. The number of carbonyl (C=O) groups is 1. The van der Waals surface area contributed by atoms with Gasteiger partial charge in [0.25, 0.3) is 0 Å². The van der Waals surface area contributed by atoms with Crippen LogP contribution in [-0.4, -0.2) is 33.7 Å². The molecule has 0 spiro atoms. The average Bonchev–Trinajstić information content (AvgIpc) is 2.36. The van der Waals surface area contributed by atoms with E-state index in [0.717, 1.165) is 12.8 Å². The number of rotatable bonds is 7. The lowest BCUT2D eigenvalue weighted by atomic mass is 10.1. The van der Waals surface area contributed by atoms with Gasteiger partial charge in [0.2, 0.25) is 15.9 Å². The van der Waals surface area contributed by atoms with Crippen molar-refractivity contribution >= 4 is 27.3 Å². The average molecular weight is 299 g/mol. The molecule has 112 valence electrons. The fourth-order valence-corrected chi connectivity index (χ4v) is 2.17. The lowest BCUT2D eigenvalue weighted by molar-refractivity contribution is -0.119. The topological polar surface area (TPSA) is 87.3 Å². The summed E-state index contributed by atoms with van der Waals surface area (Å²) in [5, 5.41) is 5.83. The third kappa shape index (κ3) is 5.58. The van der Waals surface area contributed by atoms with Gasteiger partial charge in [-0.3, -0.25) is 9.52 Å². The van der Waals surface area contributed by atoms with E-state index in [1.165, 1.54) is 0 Å². The second-order valence-corrected chi connectivity index (χ2v) is 6.37. The molecule has 1 unspecified atom stereocenters. The summed E-state index contributed by atoms with van der Waals surface area (Å²) < 4.78 is 24.9. The highest BCUT2D eigenvalue weighted by atomic mass is 32.2. The molecule has 0 heterocycles. The van der Waals surface area contributed by atoms with Crippen molar-refractivity contribution in [1.82, 2.24) is 5.32 Å². The summed E-state index contributed by atoms with van der Waals surface area (Å²) in [6.45, 7) is 5.15. The predicted octanol–water partition coefficient (Wildman–Crippen LogP) is 1.24. The van der Waals surface area contributed by atoms with Crippen LogP contribution in [0.25, 0.3) is 0 Å². The molecular weight excluding hydrogens is 278 g/mol. The van der Waals surface area contributed by atoms with E-state index in [1.807, 2.05) is 13.8 Å². The molecule has 0 fully saturated rings. The van der Waals surface area contributed by atoms with E-state index in [9.17, 15) is 13.2 Å². The maximum absolute atomic E-state index is 12.0. The van der Waals surface area contributed by atoms with Crippen molar-refractivity contribution in [3.63, 3.8) is 0 Å². The van der Waals surface area contributed by atoms with E-state index in [1.54, 1.807) is 24.3 Å². The third-order valence-corrected chi connectivity index (χ3v) is 3.22. The Bertz CT molecular complexity index is 558. The van der Waals surface area contributed by atoms with Gasteiger partial charge in [-0.2, -0.15) is 0 Å². The molecule has 0 aliphatic carbocycles. The van der Waals surface area contributed by atoms with Crippen molar-refractivity contribution < 1.29 is 13.2 Å².